The molecule has 0 spiro atoms. The van der Waals surface area contributed by atoms with Gasteiger partial charge in [-0.05, 0) is 37.6 Å². The predicted molar refractivity (Wildman–Crippen MR) is 77.5 cm³/mol. The van der Waals surface area contributed by atoms with E-state index in [-0.39, 0.29) is 18.6 Å². The van der Waals surface area contributed by atoms with Crippen molar-refractivity contribution in [2.45, 2.75) is 33.2 Å². The number of amides is 1. The van der Waals surface area contributed by atoms with Gasteiger partial charge in [-0.15, -0.1) is 0 Å². The highest BCUT2D eigenvalue weighted by Crippen LogP contribution is 2.12. The molecule has 1 amide bonds. The summed E-state index contributed by atoms with van der Waals surface area (Å²) in [6.07, 6.45) is 1.00. The fraction of sp³-hybridized carbons (Fsp3) is 0.533. The van der Waals surface area contributed by atoms with Gasteiger partial charge in [-0.1, -0.05) is 26.0 Å². The second kappa shape index (κ2) is 8.53. The van der Waals surface area contributed by atoms with Crippen molar-refractivity contribution in [2.24, 2.45) is 0 Å². The third-order valence-corrected chi connectivity index (χ3v) is 2.86. The second-order valence-electron chi connectivity index (χ2n) is 4.55. The highest BCUT2D eigenvalue weighted by atomic mass is 16.5. The van der Waals surface area contributed by atoms with Crippen LogP contribution in [0.15, 0.2) is 24.3 Å². The van der Waals surface area contributed by atoms with Gasteiger partial charge in [0.15, 0.2) is 6.61 Å². The standard InChI is InChI=1S/C15H24N2O2/c1-4-13-6-8-14(9-7-13)19-11-15(18)17-10-12(3)16-5-2/h6-9,12,16H,4-5,10-11H2,1-3H3,(H,17,18)/t12-/m1/s1. The predicted octanol–water partition coefficient (Wildman–Crippen LogP) is 1.74. The number of hydrogen-bond donors (Lipinski definition) is 2. The Morgan fingerprint density at radius 3 is 2.53 bits per heavy atom. The molecule has 0 heterocycles. The second-order valence-corrected chi connectivity index (χ2v) is 4.55. The minimum atomic E-state index is -0.0932. The van der Waals surface area contributed by atoms with Crippen LogP contribution in [0.1, 0.15) is 26.3 Å². The number of aryl methyl sites for hydroxylation is 1. The molecule has 1 atom stereocenters. The number of likely N-dealkylation sites (N-methyl/N-ethyl adjacent to an activating group) is 1. The molecule has 106 valence electrons. The average molecular weight is 264 g/mol. The molecule has 1 aromatic carbocycles. The van der Waals surface area contributed by atoms with Crippen LogP contribution in [-0.4, -0.2) is 31.6 Å². The molecule has 0 bridgehead atoms. The lowest BCUT2D eigenvalue weighted by Crippen LogP contribution is -2.40. The first-order valence-corrected chi connectivity index (χ1v) is 6.87. The van der Waals surface area contributed by atoms with Crippen molar-refractivity contribution >= 4 is 5.91 Å². The molecule has 4 nitrogen and oxygen atoms in total. The number of carbonyl (C=O) groups excluding carboxylic acids is 1. The molecule has 0 aliphatic carbocycles. The highest BCUT2D eigenvalue weighted by molar-refractivity contribution is 5.77. The molecule has 1 rings (SSSR count). The van der Waals surface area contributed by atoms with E-state index in [4.69, 9.17) is 4.74 Å². The summed E-state index contributed by atoms with van der Waals surface area (Å²) < 4.78 is 5.43. The molecule has 4 heteroatoms. The van der Waals surface area contributed by atoms with Crippen LogP contribution < -0.4 is 15.4 Å². The molecular weight excluding hydrogens is 240 g/mol. The van der Waals surface area contributed by atoms with Crippen molar-refractivity contribution < 1.29 is 9.53 Å². The zero-order valence-corrected chi connectivity index (χ0v) is 12.0. The number of rotatable bonds is 8. The van der Waals surface area contributed by atoms with E-state index in [0.29, 0.717) is 6.54 Å². The number of ether oxygens (including phenoxy) is 1. The van der Waals surface area contributed by atoms with Crippen molar-refractivity contribution in [2.75, 3.05) is 19.7 Å². The van der Waals surface area contributed by atoms with Crippen molar-refractivity contribution in [1.29, 1.82) is 0 Å². The van der Waals surface area contributed by atoms with Crippen LogP contribution in [0.2, 0.25) is 0 Å². The van der Waals surface area contributed by atoms with Gasteiger partial charge in [-0.25, -0.2) is 0 Å². The van der Waals surface area contributed by atoms with Crippen LogP contribution in [0.3, 0.4) is 0 Å². The molecular formula is C15H24N2O2. The first-order chi connectivity index (χ1) is 9.15. The summed E-state index contributed by atoms with van der Waals surface area (Å²) in [5, 5.41) is 6.07. The minimum Gasteiger partial charge on any atom is -0.484 e. The maximum Gasteiger partial charge on any atom is 0.257 e. The minimum absolute atomic E-state index is 0.0598. The van der Waals surface area contributed by atoms with Gasteiger partial charge in [-0.3, -0.25) is 4.79 Å². The first-order valence-electron chi connectivity index (χ1n) is 6.87. The Labute approximate surface area is 115 Å². The normalized spacial score (nSPS) is 11.9. The topological polar surface area (TPSA) is 50.4 Å². The lowest BCUT2D eigenvalue weighted by Gasteiger charge is -2.13. The zero-order chi connectivity index (χ0) is 14.1. The molecule has 0 saturated carbocycles. The Hall–Kier alpha value is -1.55. The molecule has 19 heavy (non-hydrogen) atoms. The summed E-state index contributed by atoms with van der Waals surface area (Å²) in [7, 11) is 0. The van der Waals surface area contributed by atoms with Crippen LogP contribution in [0.5, 0.6) is 5.75 Å². The van der Waals surface area contributed by atoms with Crippen molar-refractivity contribution in [3.05, 3.63) is 29.8 Å². The molecule has 0 aromatic heterocycles. The van der Waals surface area contributed by atoms with Crippen LogP contribution in [0.4, 0.5) is 0 Å². The van der Waals surface area contributed by atoms with Crippen LogP contribution >= 0.6 is 0 Å². The zero-order valence-electron chi connectivity index (χ0n) is 12.0. The molecule has 0 unspecified atom stereocenters. The summed E-state index contributed by atoms with van der Waals surface area (Å²) in [4.78, 5) is 11.6. The first kappa shape index (κ1) is 15.5. The molecule has 0 aliphatic heterocycles. The van der Waals surface area contributed by atoms with E-state index in [2.05, 4.69) is 17.6 Å². The largest absolute Gasteiger partial charge is 0.484 e. The third kappa shape index (κ3) is 6.25. The van der Waals surface area contributed by atoms with Gasteiger partial charge in [0.1, 0.15) is 5.75 Å². The van der Waals surface area contributed by atoms with Crippen LogP contribution in [0, 0.1) is 0 Å². The summed E-state index contributed by atoms with van der Waals surface area (Å²) >= 11 is 0. The average Bonchev–Trinajstić information content (AvgIpc) is 2.44. The molecule has 2 N–H and O–H groups in total. The van der Waals surface area contributed by atoms with Gasteiger partial charge in [0.2, 0.25) is 0 Å². The Morgan fingerprint density at radius 1 is 1.26 bits per heavy atom. The third-order valence-electron chi connectivity index (χ3n) is 2.86. The van der Waals surface area contributed by atoms with Gasteiger partial charge < -0.3 is 15.4 Å². The van der Waals surface area contributed by atoms with E-state index in [0.717, 1.165) is 18.7 Å². The van der Waals surface area contributed by atoms with Crippen molar-refractivity contribution in [1.82, 2.24) is 10.6 Å². The monoisotopic (exact) mass is 264 g/mol. The molecule has 0 saturated heterocycles. The Morgan fingerprint density at radius 2 is 1.95 bits per heavy atom. The summed E-state index contributed by atoms with van der Waals surface area (Å²) in [6, 6.07) is 8.10. The van der Waals surface area contributed by atoms with Gasteiger partial charge in [0, 0.05) is 12.6 Å². The maximum absolute atomic E-state index is 11.6. The lowest BCUT2D eigenvalue weighted by atomic mass is 10.2. The smallest absolute Gasteiger partial charge is 0.257 e. The summed E-state index contributed by atoms with van der Waals surface area (Å²) in [6.45, 7) is 7.76. The van der Waals surface area contributed by atoms with Gasteiger partial charge in [0.05, 0.1) is 0 Å². The van der Waals surface area contributed by atoms with Crippen molar-refractivity contribution in [3.8, 4) is 5.75 Å². The molecule has 0 radical (unpaired) electrons. The molecule has 1 aromatic rings. The van der Waals surface area contributed by atoms with Gasteiger partial charge in [-0.2, -0.15) is 0 Å². The highest BCUT2D eigenvalue weighted by Gasteiger charge is 2.05. The summed E-state index contributed by atoms with van der Waals surface area (Å²) in [5.74, 6) is 0.636. The van der Waals surface area contributed by atoms with Gasteiger partial charge >= 0.3 is 0 Å². The summed E-state index contributed by atoms with van der Waals surface area (Å²) in [5.41, 5.74) is 1.26. The maximum atomic E-state index is 11.6. The van der Waals surface area contributed by atoms with E-state index < -0.39 is 0 Å². The number of carbonyl (C=O) groups is 1. The number of hydrogen-bond acceptors (Lipinski definition) is 3. The molecule has 0 fully saturated rings. The Kier molecular flexibility index (Phi) is 6.97. The van der Waals surface area contributed by atoms with Crippen LogP contribution in [0.25, 0.3) is 0 Å². The van der Waals surface area contributed by atoms with Gasteiger partial charge in [0.25, 0.3) is 5.91 Å². The van der Waals surface area contributed by atoms with Crippen LogP contribution in [-0.2, 0) is 11.2 Å². The fourth-order valence-electron chi connectivity index (χ4n) is 1.71. The number of benzene rings is 1. The van der Waals surface area contributed by atoms with E-state index in [1.807, 2.05) is 38.1 Å². The Bertz CT molecular complexity index is 376. The lowest BCUT2D eigenvalue weighted by molar-refractivity contribution is -0.123. The van der Waals surface area contributed by atoms with E-state index >= 15 is 0 Å². The van der Waals surface area contributed by atoms with E-state index in [1.165, 1.54) is 5.56 Å². The fourth-order valence-corrected chi connectivity index (χ4v) is 1.71. The van der Waals surface area contributed by atoms with E-state index in [9.17, 15) is 4.79 Å². The molecule has 0 aliphatic rings. The number of nitrogens with one attached hydrogen (secondary N) is 2. The van der Waals surface area contributed by atoms with E-state index in [1.54, 1.807) is 0 Å². The Balaban J connectivity index is 2.25. The SMILES string of the molecule is CCN[C@H](C)CNC(=O)COc1ccc(CC)cc1. The van der Waals surface area contributed by atoms with Crippen molar-refractivity contribution in [3.63, 3.8) is 0 Å². The quantitative estimate of drug-likeness (QED) is 0.752.